The zero-order valence-corrected chi connectivity index (χ0v) is 16.1. The number of piperazine rings is 1. The average molecular weight is 412 g/mol. The van der Waals surface area contributed by atoms with E-state index in [9.17, 15) is 4.79 Å². The molecule has 0 N–H and O–H groups in total. The van der Waals surface area contributed by atoms with E-state index in [4.69, 9.17) is 11.6 Å². The van der Waals surface area contributed by atoms with Gasteiger partial charge in [0.05, 0.1) is 11.9 Å². The summed E-state index contributed by atoms with van der Waals surface area (Å²) in [4.78, 5) is 16.6. The Morgan fingerprint density at radius 2 is 1.88 bits per heavy atom. The van der Waals surface area contributed by atoms with Gasteiger partial charge in [-0.1, -0.05) is 29.8 Å². The zero-order valence-electron chi connectivity index (χ0n) is 13.7. The normalized spacial score (nSPS) is 17.1. The van der Waals surface area contributed by atoms with Gasteiger partial charge in [0.1, 0.15) is 4.47 Å². The first kappa shape index (κ1) is 17.5. The first-order chi connectivity index (χ1) is 11.5. The minimum atomic E-state index is -0.112. The standard InChI is InChI=1S/C17H20BrClN4O/c1-12(13-5-3-4-6-14(13)19)22-7-9-23(10-8-22)15-11-20-21(2)17(24)16(15)18/h3-6,11-12H,7-10H2,1-2H3. The molecule has 0 radical (unpaired) electrons. The van der Waals surface area contributed by atoms with Crippen LogP contribution in [0.25, 0.3) is 0 Å². The zero-order chi connectivity index (χ0) is 17.3. The maximum atomic E-state index is 12.0. The third-order valence-electron chi connectivity index (χ3n) is 4.62. The van der Waals surface area contributed by atoms with Gasteiger partial charge in [-0.25, -0.2) is 4.68 Å². The van der Waals surface area contributed by atoms with E-state index in [1.54, 1.807) is 13.2 Å². The number of aromatic nitrogens is 2. The molecule has 1 aromatic carbocycles. The first-order valence-electron chi connectivity index (χ1n) is 7.94. The molecule has 128 valence electrons. The Morgan fingerprint density at radius 3 is 2.54 bits per heavy atom. The summed E-state index contributed by atoms with van der Waals surface area (Å²) in [5.41, 5.74) is 1.91. The monoisotopic (exact) mass is 410 g/mol. The van der Waals surface area contributed by atoms with Gasteiger partial charge >= 0.3 is 0 Å². The van der Waals surface area contributed by atoms with Gasteiger partial charge in [-0.05, 0) is 34.5 Å². The molecular weight excluding hydrogens is 392 g/mol. The van der Waals surface area contributed by atoms with Crippen LogP contribution < -0.4 is 10.5 Å². The molecule has 1 unspecified atom stereocenters. The number of hydrogen-bond donors (Lipinski definition) is 0. The highest BCUT2D eigenvalue weighted by Gasteiger charge is 2.25. The van der Waals surface area contributed by atoms with E-state index in [0.717, 1.165) is 42.5 Å². The fourth-order valence-corrected chi connectivity index (χ4v) is 3.99. The van der Waals surface area contributed by atoms with E-state index >= 15 is 0 Å². The van der Waals surface area contributed by atoms with Crippen molar-refractivity contribution in [3.63, 3.8) is 0 Å². The number of halogens is 2. The molecule has 7 heteroatoms. The molecule has 1 saturated heterocycles. The molecule has 1 fully saturated rings. The van der Waals surface area contributed by atoms with Crippen LogP contribution in [0.1, 0.15) is 18.5 Å². The predicted octanol–water partition coefficient (Wildman–Crippen LogP) is 3.08. The summed E-state index contributed by atoms with van der Waals surface area (Å²) in [5.74, 6) is 0. The first-order valence-corrected chi connectivity index (χ1v) is 9.11. The minimum Gasteiger partial charge on any atom is -0.367 e. The summed E-state index contributed by atoms with van der Waals surface area (Å²) < 4.78 is 1.91. The number of anilines is 1. The van der Waals surface area contributed by atoms with E-state index in [-0.39, 0.29) is 11.6 Å². The number of hydrogen-bond acceptors (Lipinski definition) is 4. The van der Waals surface area contributed by atoms with Crippen LogP contribution in [0, 0.1) is 0 Å². The second-order valence-corrected chi connectivity index (χ2v) is 7.19. The van der Waals surface area contributed by atoms with E-state index in [1.165, 1.54) is 4.68 Å². The van der Waals surface area contributed by atoms with Crippen LogP contribution in [0.4, 0.5) is 5.69 Å². The molecule has 3 rings (SSSR count). The average Bonchev–Trinajstić information content (AvgIpc) is 2.60. The van der Waals surface area contributed by atoms with Crippen LogP contribution in [0.5, 0.6) is 0 Å². The molecule has 0 spiro atoms. The SMILES string of the molecule is CC(c1ccccc1Cl)N1CCN(c2cnn(C)c(=O)c2Br)CC1. The molecule has 0 amide bonds. The lowest BCUT2D eigenvalue weighted by molar-refractivity contribution is 0.198. The van der Waals surface area contributed by atoms with Crippen molar-refractivity contribution in [1.29, 1.82) is 0 Å². The molecule has 1 aliphatic rings. The van der Waals surface area contributed by atoms with Crippen molar-refractivity contribution in [2.45, 2.75) is 13.0 Å². The largest absolute Gasteiger partial charge is 0.367 e. The van der Waals surface area contributed by atoms with Gasteiger partial charge < -0.3 is 4.90 Å². The van der Waals surface area contributed by atoms with Crippen molar-refractivity contribution in [2.75, 3.05) is 31.1 Å². The highest BCUT2D eigenvalue weighted by Crippen LogP contribution is 2.29. The van der Waals surface area contributed by atoms with Gasteiger partial charge in [0.2, 0.25) is 0 Å². The van der Waals surface area contributed by atoms with E-state index in [2.05, 4.69) is 43.8 Å². The lowest BCUT2D eigenvalue weighted by Crippen LogP contribution is -2.47. The molecular formula is C17H20BrClN4O. The molecule has 1 atom stereocenters. The Kier molecular flexibility index (Phi) is 5.27. The van der Waals surface area contributed by atoms with Gasteiger partial charge in [-0.2, -0.15) is 5.10 Å². The molecule has 0 saturated carbocycles. The molecule has 2 heterocycles. The number of aryl methyl sites for hydroxylation is 1. The maximum absolute atomic E-state index is 12.0. The van der Waals surface area contributed by atoms with E-state index < -0.39 is 0 Å². The third-order valence-corrected chi connectivity index (χ3v) is 5.71. The summed E-state index contributed by atoms with van der Waals surface area (Å²) >= 11 is 9.74. The van der Waals surface area contributed by atoms with E-state index in [0.29, 0.717) is 4.47 Å². The highest BCUT2D eigenvalue weighted by atomic mass is 79.9. The second-order valence-electron chi connectivity index (χ2n) is 5.99. The smallest absolute Gasteiger partial charge is 0.282 e. The summed E-state index contributed by atoms with van der Waals surface area (Å²) in [6, 6.07) is 8.27. The Balaban J connectivity index is 1.71. The Morgan fingerprint density at radius 1 is 1.21 bits per heavy atom. The van der Waals surface area contributed by atoms with Crippen molar-refractivity contribution in [3.05, 3.63) is 55.9 Å². The molecule has 5 nitrogen and oxygen atoms in total. The minimum absolute atomic E-state index is 0.112. The Bertz CT molecular complexity index is 786. The molecule has 1 aliphatic heterocycles. The fourth-order valence-electron chi connectivity index (χ4n) is 3.08. The van der Waals surface area contributed by atoms with Gasteiger partial charge in [-0.3, -0.25) is 9.69 Å². The van der Waals surface area contributed by atoms with Crippen molar-refractivity contribution in [1.82, 2.24) is 14.7 Å². The molecule has 24 heavy (non-hydrogen) atoms. The van der Waals surface area contributed by atoms with E-state index in [1.807, 2.05) is 18.2 Å². The fraction of sp³-hybridized carbons (Fsp3) is 0.412. The summed E-state index contributed by atoms with van der Waals surface area (Å²) in [6.45, 7) is 5.71. The van der Waals surface area contributed by atoms with Gasteiger partial charge in [-0.15, -0.1) is 0 Å². The van der Waals surface area contributed by atoms with Crippen LogP contribution in [0.2, 0.25) is 5.02 Å². The number of rotatable bonds is 3. The highest BCUT2D eigenvalue weighted by molar-refractivity contribution is 9.10. The quantitative estimate of drug-likeness (QED) is 0.778. The summed E-state index contributed by atoms with van der Waals surface area (Å²) in [6.07, 6.45) is 1.75. The lowest BCUT2D eigenvalue weighted by atomic mass is 10.1. The topological polar surface area (TPSA) is 41.4 Å². The van der Waals surface area contributed by atoms with Crippen molar-refractivity contribution >= 4 is 33.2 Å². The van der Waals surface area contributed by atoms with Crippen molar-refractivity contribution < 1.29 is 0 Å². The number of nitrogens with zero attached hydrogens (tertiary/aromatic N) is 4. The lowest BCUT2D eigenvalue weighted by Gasteiger charge is -2.39. The Labute approximate surface area is 155 Å². The third kappa shape index (κ3) is 3.36. The van der Waals surface area contributed by atoms with Crippen LogP contribution in [-0.4, -0.2) is 40.9 Å². The maximum Gasteiger partial charge on any atom is 0.282 e. The van der Waals surface area contributed by atoms with Gasteiger partial charge in [0.25, 0.3) is 5.56 Å². The molecule has 0 bridgehead atoms. The van der Waals surface area contributed by atoms with Crippen LogP contribution in [-0.2, 0) is 7.05 Å². The second kappa shape index (κ2) is 7.25. The number of benzene rings is 1. The van der Waals surface area contributed by atoms with Gasteiger partial charge in [0.15, 0.2) is 0 Å². The molecule has 1 aromatic heterocycles. The molecule has 2 aromatic rings. The van der Waals surface area contributed by atoms with Crippen LogP contribution in [0.3, 0.4) is 0 Å². The van der Waals surface area contributed by atoms with Crippen molar-refractivity contribution in [3.8, 4) is 0 Å². The summed E-state index contributed by atoms with van der Waals surface area (Å²) in [5, 5.41) is 4.94. The Hall–Kier alpha value is -1.37. The van der Waals surface area contributed by atoms with Crippen molar-refractivity contribution in [2.24, 2.45) is 7.05 Å². The van der Waals surface area contributed by atoms with Gasteiger partial charge in [0, 0.05) is 44.3 Å². The summed E-state index contributed by atoms with van der Waals surface area (Å²) in [7, 11) is 1.65. The molecule has 0 aliphatic carbocycles. The van der Waals surface area contributed by atoms with Crippen LogP contribution >= 0.6 is 27.5 Å². The van der Waals surface area contributed by atoms with Crippen LogP contribution in [0.15, 0.2) is 39.7 Å². The predicted molar refractivity (Wildman–Crippen MR) is 101 cm³/mol.